The molecule has 0 aliphatic carbocycles. The molecule has 0 bridgehead atoms. The van der Waals surface area contributed by atoms with Gasteiger partial charge >= 0.3 is 0 Å². The fourth-order valence-electron chi connectivity index (χ4n) is 2.08. The number of ether oxygens (including phenoxy) is 1. The number of pyridine rings is 1. The molecule has 1 N–H and O–H groups in total. The standard InChI is InChI=1S/C15H14N4O3S/c1-2-22-13-10(4-3-5-16-13)8-17-12(20)11-9-18-15-19(14(11)21)6-7-23-15/h3-7,9H,2,8H2,1H3,(H,17,20). The first-order valence-electron chi connectivity index (χ1n) is 7.00. The normalized spacial score (nSPS) is 10.7. The van der Waals surface area contributed by atoms with Crippen LogP contribution in [0.1, 0.15) is 22.8 Å². The first-order valence-corrected chi connectivity index (χ1v) is 7.88. The zero-order valence-electron chi connectivity index (χ0n) is 12.4. The molecule has 1 amide bonds. The SMILES string of the molecule is CCOc1ncccc1CNC(=O)c1cnc2sccn2c1=O. The van der Waals surface area contributed by atoms with Crippen molar-refractivity contribution in [2.45, 2.75) is 13.5 Å². The summed E-state index contributed by atoms with van der Waals surface area (Å²) in [6, 6.07) is 3.57. The molecule has 23 heavy (non-hydrogen) atoms. The molecule has 0 radical (unpaired) electrons. The summed E-state index contributed by atoms with van der Waals surface area (Å²) >= 11 is 1.33. The van der Waals surface area contributed by atoms with E-state index in [1.807, 2.05) is 13.0 Å². The Morgan fingerprint density at radius 3 is 3.13 bits per heavy atom. The van der Waals surface area contributed by atoms with Crippen molar-refractivity contribution in [1.29, 1.82) is 0 Å². The Balaban J connectivity index is 1.79. The van der Waals surface area contributed by atoms with Gasteiger partial charge in [-0.2, -0.15) is 0 Å². The van der Waals surface area contributed by atoms with Gasteiger partial charge in [0.25, 0.3) is 11.5 Å². The zero-order chi connectivity index (χ0) is 16.2. The molecule has 0 aliphatic heterocycles. The maximum Gasteiger partial charge on any atom is 0.271 e. The van der Waals surface area contributed by atoms with Gasteiger partial charge in [-0.25, -0.2) is 9.97 Å². The molecule has 0 saturated carbocycles. The van der Waals surface area contributed by atoms with E-state index in [1.54, 1.807) is 23.8 Å². The van der Waals surface area contributed by atoms with E-state index < -0.39 is 5.91 Å². The number of thiazole rings is 1. The summed E-state index contributed by atoms with van der Waals surface area (Å²) in [4.78, 5) is 33.3. The minimum absolute atomic E-state index is 0.00255. The number of carbonyl (C=O) groups excluding carboxylic acids is 1. The summed E-state index contributed by atoms with van der Waals surface area (Å²) in [6.07, 6.45) is 4.52. The molecule has 0 spiro atoms. The van der Waals surface area contributed by atoms with Crippen LogP contribution in [0.25, 0.3) is 4.96 Å². The van der Waals surface area contributed by atoms with Gasteiger partial charge in [0.2, 0.25) is 5.88 Å². The Bertz CT molecular complexity index is 903. The summed E-state index contributed by atoms with van der Waals surface area (Å²) in [6.45, 7) is 2.56. The Labute approximate surface area is 135 Å². The molecular formula is C15H14N4O3S. The highest BCUT2D eigenvalue weighted by molar-refractivity contribution is 7.15. The number of rotatable bonds is 5. The molecule has 3 aromatic heterocycles. The van der Waals surface area contributed by atoms with Gasteiger partial charge in [-0.3, -0.25) is 14.0 Å². The monoisotopic (exact) mass is 330 g/mol. The minimum Gasteiger partial charge on any atom is -0.478 e. The second kappa shape index (κ2) is 6.57. The predicted molar refractivity (Wildman–Crippen MR) is 85.9 cm³/mol. The summed E-state index contributed by atoms with van der Waals surface area (Å²) in [5, 5.41) is 4.45. The van der Waals surface area contributed by atoms with Crippen LogP contribution in [0, 0.1) is 0 Å². The van der Waals surface area contributed by atoms with E-state index in [0.717, 1.165) is 5.56 Å². The lowest BCUT2D eigenvalue weighted by Crippen LogP contribution is -2.31. The first-order chi connectivity index (χ1) is 11.2. The van der Waals surface area contributed by atoms with Gasteiger partial charge in [0.1, 0.15) is 5.56 Å². The Kier molecular flexibility index (Phi) is 4.33. The number of hydrogen-bond acceptors (Lipinski definition) is 6. The van der Waals surface area contributed by atoms with Gasteiger partial charge in [0.15, 0.2) is 4.96 Å². The third kappa shape index (κ3) is 3.07. The van der Waals surface area contributed by atoms with Crippen molar-refractivity contribution in [1.82, 2.24) is 19.7 Å². The van der Waals surface area contributed by atoms with Crippen molar-refractivity contribution in [2.75, 3.05) is 6.61 Å². The molecule has 3 rings (SSSR count). The average Bonchev–Trinajstić information content (AvgIpc) is 3.04. The summed E-state index contributed by atoms with van der Waals surface area (Å²) < 4.78 is 6.76. The number of fused-ring (bicyclic) bond motifs is 1. The highest BCUT2D eigenvalue weighted by Gasteiger charge is 2.14. The van der Waals surface area contributed by atoms with Crippen molar-refractivity contribution in [3.8, 4) is 5.88 Å². The van der Waals surface area contributed by atoms with E-state index in [4.69, 9.17) is 4.74 Å². The summed E-state index contributed by atoms with van der Waals surface area (Å²) in [7, 11) is 0. The fraction of sp³-hybridized carbons (Fsp3) is 0.200. The van der Waals surface area contributed by atoms with Crippen LogP contribution in [0.15, 0.2) is 40.9 Å². The Hall–Kier alpha value is -2.74. The molecule has 118 valence electrons. The van der Waals surface area contributed by atoms with Crippen molar-refractivity contribution >= 4 is 22.2 Å². The van der Waals surface area contributed by atoms with Gasteiger partial charge in [-0.1, -0.05) is 6.07 Å². The molecule has 8 heteroatoms. The lowest BCUT2D eigenvalue weighted by molar-refractivity contribution is 0.0948. The molecule has 0 aromatic carbocycles. The van der Waals surface area contributed by atoms with Crippen molar-refractivity contribution in [3.63, 3.8) is 0 Å². The van der Waals surface area contributed by atoms with Crippen LogP contribution in [0.4, 0.5) is 0 Å². The highest BCUT2D eigenvalue weighted by Crippen LogP contribution is 2.14. The van der Waals surface area contributed by atoms with Gasteiger partial charge in [0, 0.05) is 36.1 Å². The third-order valence-corrected chi connectivity index (χ3v) is 3.93. The maximum atomic E-state index is 12.3. The van der Waals surface area contributed by atoms with Crippen molar-refractivity contribution in [3.05, 3.63) is 57.6 Å². The first kappa shape index (κ1) is 15.2. The van der Waals surface area contributed by atoms with Crippen LogP contribution in [-0.2, 0) is 6.54 Å². The van der Waals surface area contributed by atoms with E-state index in [-0.39, 0.29) is 17.7 Å². The molecule has 0 saturated heterocycles. The van der Waals surface area contributed by atoms with E-state index in [9.17, 15) is 9.59 Å². The van der Waals surface area contributed by atoms with Crippen LogP contribution in [-0.4, -0.2) is 26.9 Å². The van der Waals surface area contributed by atoms with E-state index in [0.29, 0.717) is 17.4 Å². The maximum absolute atomic E-state index is 12.3. The van der Waals surface area contributed by atoms with Gasteiger partial charge in [0.05, 0.1) is 6.61 Å². The molecular weight excluding hydrogens is 316 g/mol. The largest absolute Gasteiger partial charge is 0.478 e. The van der Waals surface area contributed by atoms with Gasteiger partial charge in [-0.05, 0) is 13.0 Å². The summed E-state index contributed by atoms with van der Waals surface area (Å²) in [5.41, 5.74) is 0.361. The van der Waals surface area contributed by atoms with E-state index >= 15 is 0 Å². The molecule has 0 unspecified atom stereocenters. The van der Waals surface area contributed by atoms with E-state index in [1.165, 1.54) is 21.9 Å². The second-order valence-electron chi connectivity index (χ2n) is 4.62. The predicted octanol–water partition coefficient (Wildman–Crippen LogP) is 1.48. The number of nitrogens with one attached hydrogen (secondary N) is 1. The van der Waals surface area contributed by atoms with Crippen LogP contribution in [0.5, 0.6) is 5.88 Å². The lowest BCUT2D eigenvalue weighted by Gasteiger charge is -2.09. The molecule has 0 atom stereocenters. The molecule has 7 nitrogen and oxygen atoms in total. The van der Waals surface area contributed by atoms with Crippen LogP contribution >= 0.6 is 11.3 Å². The number of hydrogen-bond donors (Lipinski definition) is 1. The molecule has 3 aromatic rings. The number of aromatic nitrogens is 3. The number of carbonyl (C=O) groups is 1. The topological polar surface area (TPSA) is 85.6 Å². The van der Waals surface area contributed by atoms with Crippen LogP contribution in [0.2, 0.25) is 0 Å². The van der Waals surface area contributed by atoms with Gasteiger partial charge < -0.3 is 10.1 Å². The molecule has 0 aliphatic rings. The molecule has 3 heterocycles. The second-order valence-corrected chi connectivity index (χ2v) is 5.49. The molecule has 0 fully saturated rings. The fourth-order valence-corrected chi connectivity index (χ4v) is 2.75. The van der Waals surface area contributed by atoms with Crippen LogP contribution in [0.3, 0.4) is 0 Å². The van der Waals surface area contributed by atoms with Crippen LogP contribution < -0.4 is 15.6 Å². The quantitative estimate of drug-likeness (QED) is 0.766. The summed E-state index contributed by atoms with van der Waals surface area (Å²) in [5.74, 6) is -0.00663. The average molecular weight is 330 g/mol. The van der Waals surface area contributed by atoms with Gasteiger partial charge in [-0.15, -0.1) is 11.3 Å². The lowest BCUT2D eigenvalue weighted by atomic mass is 10.2. The smallest absolute Gasteiger partial charge is 0.271 e. The van der Waals surface area contributed by atoms with Crippen molar-refractivity contribution < 1.29 is 9.53 Å². The van der Waals surface area contributed by atoms with E-state index in [2.05, 4.69) is 15.3 Å². The number of nitrogens with zero attached hydrogens (tertiary/aromatic N) is 3. The number of amides is 1. The Morgan fingerprint density at radius 2 is 2.30 bits per heavy atom. The minimum atomic E-state index is -0.477. The third-order valence-electron chi connectivity index (χ3n) is 3.16. The zero-order valence-corrected chi connectivity index (χ0v) is 13.2. The highest BCUT2D eigenvalue weighted by atomic mass is 32.1. The van der Waals surface area contributed by atoms with Crippen molar-refractivity contribution in [2.24, 2.45) is 0 Å². The Morgan fingerprint density at radius 1 is 1.43 bits per heavy atom.